The van der Waals surface area contributed by atoms with Crippen LogP contribution in [0.25, 0.3) is 0 Å². The van der Waals surface area contributed by atoms with Crippen molar-refractivity contribution in [1.82, 2.24) is 4.23 Å². The van der Waals surface area contributed by atoms with E-state index >= 15 is 0 Å². The standard InChI is InChI=1S/C10H25NO2Si2/c1-8-13-10(12)9-11(14(2,3)4)15(5,6)7/h9,12H,8H2,1-7H3/b10-9+. The maximum atomic E-state index is 9.59. The number of hydrogen-bond donors (Lipinski definition) is 1. The van der Waals surface area contributed by atoms with Gasteiger partial charge in [0.05, 0.1) is 12.8 Å². The summed E-state index contributed by atoms with van der Waals surface area (Å²) in [5.74, 6) is 0.0438. The molecule has 0 fully saturated rings. The molecule has 1 N–H and O–H groups in total. The fourth-order valence-corrected chi connectivity index (χ4v) is 10.7. The number of nitrogens with zero attached hydrogens (tertiary/aromatic N) is 1. The maximum Gasteiger partial charge on any atom is 0.291 e. The van der Waals surface area contributed by atoms with Crippen molar-refractivity contribution >= 4 is 16.5 Å². The van der Waals surface area contributed by atoms with Crippen molar-refractivity contribution in [2.24, 2.45) is 0 Å². The predicted octanol–water partition coefficient (Wildman–Crippen LogP) is 3.35. The van der Waals surface area contributed by atoms with E-state index in [2.05, 4.69) is 43.5 Å². The molecule has 3 nitrogen and oxygen atoms in total. The number of hydrogen-bond acceptors (Lipinski definition) is 3. The Kier molecular flexibility index (Phi) is 4.93. The van der Waals surface area contributed by atoms with E-state index in [1.807, 2.05) is 6.92 Å². The molecule has 0 aromatic heterocycles. The summed E-state index contributed by atoms with van der Waals surface area (Å²) in [6, 6.07) is 0. The lowest BCUT2D eigenvalue weighted by atomic mass is 10.8. The molecule has 0 spiro atoms. The Morgan fingerprint density at radius 2 is 1.53 bits per heavy atom. The second-order valence-electron chi connectivity index (χ2n) is 5.61. The van der Waals surface area contributed by atoms with Crippen LogP contribution in [-0.4, -0.2) is 32.4 Å². The molecule has 0 bridgehead atoms. The van der Waals surface area contributed by atoms with Crippen LogP contribution in [0, 0.1) is 0 Å². The van der Waals surface area contributed by atoms with Gasteiger partial charge in [-0.25, -0.2) is 0 Å². The SMILES string of the molecule is CCO/C(O)=C/N([Si](C)(C)C)[Si](C)(C)C. The van der Waals surface area contributed by atoms with Gasteiger partial charge in [-0.05, 0) is 6.92 Å². The van der Waals surface area contributed by atoms with Crippen LogP contribution in [0.3, 0.4) is 0 Å². The van der Waals surface area contributed by atoms with Crippen LogP contribution in [0.4, 0.5) is 0 Å². The van der Waals surface area contributed by atoms with Crippen LogP contribution in [0.5, 0.6) is 0 Å². The second-order valence-corrected chi connectivity index (χ2v) is 15.7. The van der Waals surface area contributed by atoms with Gasteiger partial charge in [-0.15, -0.1) is 0 Å². The summed E-state index contributed by atoms with van der Waals surface area (Å²) in [6.07, 6.45) is 1.79. The summed E-state index contributed by atoms with van der Waals surface area (Å²) in [4.78, 5) is 0. The highest BCUT2D eigenvalue weighted by Gasteiger charge is 2.32. The van der Waals surface area contributed by atoms with Gasteiger partial charge in [0.2, 0.25) is 0 Å². The van der Waals surface area contributed by atoms with E-state index < -0.39 is 16.5 Å². The normalized spacial score (nSPS) is 13.9. The summed E-state index contributed by atoms with van der Waals surface area (Å²) >= 11 is 0. The van der Waals surface area contributed by atoms with Crippen molar-refractivity contribution in [3.8, 4) is 0 Å². The third-order valence-electron chi connectivity index (χ3n) is 1.98. The lowest BCUT2D eigenvalue weighted by Crippen LogP contribution is -2.56. The monoisotopic (exact) mass is 247 g/mol. The van der Waals surface area contributed by atoms with Crippen molar-refractivity contribution < 1.29 is 9.84 Å². The molecule has 0 amide bonds. The van der Waals surface area contributed by atoms with Crippen LogP contribution in [-0.2, 0) is 4.74 Å². The number of aliphatic hydroxyl groups excluding tert-OH is 1. The zero-order chi connectivity index (χ0) is 12.3. The first-order valence-electron chi connectivity index (χ1n) is 5.42. The minimum atomic E-state index is -1.44. The molecule has 0 rings (SSSR count). The van der Waals surface area contributed by atoms with E-state index in [9.17, 15) is 5.11 Å². The predicted molar refractivity (Wildman–Crippen MR) is 70.9 cm³/mol. The lowest BCUT2D eigenvalue weighted by Gasteiger charge is -2.42. The third-order valence-corrected chi connectivity index (χ3v) is 9.15. The second kappa shape index (κ2) is 5.07. The molecular formula is C10H25NO2Si2. The van der Waals surface area contributed by atoms with Gasteiger partial charge in [0.25, 0.3) is 5.95 Å². The van der Waals surface area contributed by atoms with Gasteiger partial charge in [-0.3, -0.25) is 0 Å². The Balaban J connectivity index is 4.91. The van der Waals surface area contributed by atoms with Gasteiger partial charge in [0.1, 0.15) is 16.5 Å². The van der Waals surface area contributed by atoms with Gasteiger partial charge >= 0.3 is 0 Å². The molecule has 90 valence electrons. The van der Waals surface area contributed by atoms with Gasteiger partial charge < -0.3 is 14.1 Å². The summed E-state index contributed by atoms with van der Waals surface area (Å²) < 4.78 is 7.45. The third kappa shape index (κ3) is 5.27. The average molecular weight is 247 g/mol. The van der Waals surface area contributed by atoms with Crippen molar-refractivity contribution in [3.05, 3.63) is 12.1 Å². The molecule has 0 saturated heterocycles. The number of rotatable bonds is 5. The minimum Gasteiger partial charge on any atom is -0.480 e. The Hall–Kier alpha value is -0.426. The highest BCUT2D eigenvalue weighted by molar-refractivity contribution is 6.89. The zero-order valence-electron chi connectivity index (χ0n) is 11.1. The van der Waals surface area contributed by atoms with Crippen LogP contribution in [0.1, 0.15) is 6.92 Å². The van der Waals surface area contributed by atoms with E-state index in [1.54, 1.807) is 6.20 Å². The quantitative estimate of drug-likeness (QED) is 0.597. The number of ether oxygens (including phenoxy) is 1. The molecule has 0 heterocycles. The van der Waals surface area contributed by atoms with Gasteiger partial charge in [-0.1, -0.05) is 39.3 Å². The summed E-state index contributed by atoms with van der Waals surface area (Å²) in [7, 11) is -2.87. The van der Waals surface area contributed by atoms with Crippen molar-refractivity contribution in [2.45, 2.75) is 46.2 Å². The van der Waals surface area contributed by atoms with Crippen molar-refractivity contribution in [2.75, 3.05) is 6.61 Å². The molecule has 15 heavy (non-hydrogen) atoms. The lowest BCUT2D eigenvalue weighted by molar-refractivity contribution is 0.0986. The fraction of sp³-hybridized carbons (Fsp3) is 0.800. The van der Waals surface area contributed by atoms with Crippen LogP contribution in [0.2, 0.25) is 39.3 Å². The molecule has 0 aliphatic heterocycles. The minimum absolute atomic E-state index is 0.0438. The Bertz CT molecular complexity index is 215. The van der Waals surface area contributed by atoms with E-state index in [4.69, 9.17) is 4.74 Å². The molecule has 0 unspecified atom stereocenters. The molecule has 0 aliphatic rings. The molecular weight excluding hydrogens is 222 g/mol. The van der Waals surface area contributed by atoms with Crippen LogP contribution in [0.15, 0.2) is 12.1 Å². The van der Waals surface area contributed by atoms with Gasteiger partial charge in [0, 0.05) is 0 Å². The van der Waals surface area contributed by atoms with Gasteiger partial charge in [-0.2, -0.15) is 0 Å². The molecule has 0 radical (unpaired) electrons. The van der Waals surface area contributed by atoms with E-state index in [0.29, 0.717) is 6.61 Å². The maximum absolute atomic E-state index is 9.59. The Morgan fingerprint density at radius 1 is 1.13 bits per heavy atom. The summed E-state index contributed by atoms with van der Waals surface area (Å²) in [6.45, 7) is 16.1. The van der Waals surface area contributed by atoms with Gasteiger partial charge in [0.15, 0.2) is 0 Å². The molecule has 0 atom stereocenters. The van der Waals surface area contributed by atoms with E-state index in [1.165, 1.54) is 0 Å². The van der Waals surface area contributed by atoms with Crippen molar-refractivity contribution in [3.63, 3.8) is 0 Å². The Labute approximate surface area is 95.9 Å². The first-order valence-corrected chi connectivity index (χ1v) is 12.3. The molecule has 0 aromatic rings. The summed E-state index contributed by atoms with van der Waals surface area (Å²) in [5.41, 5.74) is 0. The zero-order valence-corrected chi connectivity index (χ0v) is 13.1. The smallest absolute Gasteiger partial charge is 0.291 e. The highest BCUT2D eigenvalue weighted by Crippen LogP contribution is 2.20. The Morgan fingerprint density at radius 3 is 1.80 bits per heavy atom. The first-order chi connectivity index (χ1) is 6.59. The van der Waals surface area contributed by atoms with Crippen molar-refractivity contribution in [1.29, 1.82) is 0 Å². The largest absolute Gasteiger partial charge is 0.480 e. The fourth-order valence-electron chi connectivity index (χ4n) is 1.69. The topological polar surface area (TPSA) is 32.7 Å². The molecule has 0 aromatic carbocycles. The molecule has 0 saturated carbocycles. The van der Waals surface area contributed by atoms with Crippen LogP contribution < -0.4 is 0 Å². The number of aliphatic hydroxyl groups is 1. The molecule has 5 heteroatoms. The average Bonchev–Trinajstić information content (AvgIpc) is 1.96. The molecule has 0 aliphatic carbocycles. The van der Waals surface area contributed by atoms with E-state index in [0.717, 1.165) is 0 Å². The van der Waals surface area contributed by atoms with E-state index in [-0.39, 0.29) is 5.95 Å². The first kappa shape index (κ1) is 14.6. The summed E-state index contributed by atoms with van der Waals surface area (Å²) in [5, 5.41) is 9.59. The van der Waals surface area contributed by atoms with Crippen LogP contribution >= 0.6 is 0 Å². The highest BCUT2D eigenvalue weighted by atomic mass is 28.4.